The van der Waals surface area contributed by atoms with Crippen LogP contribution >= 0.6 is 0 Å². The van der Waals surface area contributed by atoms with Crippen LogP contribution in [0, 0.1) is 0 Å². The fourth-order valence-electron chi connectivity index (χ4n) is 2.20. The van der Waals surface area contributed by atoms with E-state index in [1.54, 1.807) is 20.8 Å². The van der Waals surface area contributed by atoms with E-state index < -0.39 is 28.3 Å². The van der Waals surface area contributed by atoms with Crippen LogP contribution < -0.4 is 0 Å². The number of rotatable bonds is 4. The van der Waals surface area contributed by atoms with Gasteiger partial charge in [0.2, 0.25) is 0 Å². The van der Waals surface area contributed by atoms with Gasteiger partial charge in [-0.15, -0.1) is 0 Å². The summed E-state index contributed by atoms with van der Waals surface area (Å²) in [5.41, 5.74) is -0.747. The molecule has 0 atom stereocenters. The van der Waals surface area contributed by atoms with Gasteiger partial charge in [0.05, 0.1) is 0 Å². The molecule has 0 aromatic rings. The van der Waals surface area contributed by atoms with Gasteiger partial charge in [-0.1, -0.05) is 12.8 Å². The van der Waals surface area contributed by atoms with E-state index in [1.165, 1.54) is 4.31 Å². The molecule has 0 amide bonds. The zero-order chi connectivity index (χ0) is 14.7. The molecule has 0 radical (unpaired) electrons. The number of aliphatic carboxylic acids is 1. The van der Waals surface area contributed by atoms with Gasteiger partial charge in [0, 0.05) is 18.6 Å². The summed E-state index contributed by atoms with van der Waals surface area (Å²) in [7, 11) is -3.71. The summed E-state index contributed by atoms with van der Waals surface area (Å²) >= 11 is 0. The topological polar surface area (TPSA) is 77.9 Å². The molecule has 1 rings (SSSR count). The first-order chi connectivity index (χ1) is 8.65. The van der Waals surface area contributed by atoms with Gasteiger partial charge < -0.3 is 5.11 Å². The highest BCUT2D eigenvalue weighted by molar-refractivity contribution is 7.86. The molecule has 1 saturated heterocycles. The Balaban J connectivity index is 3.00. The zero-order valence-corrected chi connectivity index (χ0v) is 12.7. The van der Waals surface area contributed by atoms with Gasteiger partial charge in [0.1, 0.15) is 6.54 Å². The summed E-state index contributed by atoms with van der Waals surface area (Å²) in [5.74, 6) is -1.13. The summed E-state index contributed by atoms with van der Waals surface area (Å²) in [5, 5.41) is 8.94. The van der Waals surface area contributed by atoms with Crippen molar-refractivity contribution >= 4 is 16.2 Å². The molecule has 1 N–H and O–H groups in total. The Morgan fingerprint density at radius 3 is 2.00 bits per heavy atom. The first-order valence-electron chi connectivity index (χ1n) is 6.65. The summed E-state index contributed by atoms with van der Waals surface area (Å²) in [4.78, 5) is 10.9. The van der Waals surface area contributed by atoms with Gasteiger partial charge in [-0.25, -0.2) is 0 Å². The van der Waals surface area contributed by atoms with E-state index in [1.807, 2.05) is 0 Å². The molecule has 0 spiro atoms. The number of carboxylic acid groups (broad SMARTS) is 1. The van der Waals surface area contributed by atoms with Crippen LogP contribution in [0.25, 0.3) is 0 Å². The Morgan fingerprint density at radius 1 is 1.16 bits per heavy atom. The molecule has 0 unspecified atom stereocenters. The number of carboxylic acids is 1. The van der Waals surface area contributed by atoms with Crippen molar-refractivity contribution in [1.29, 1.82) is 0 Å². The second kappa shape index (κ2) is 6.19. The maximum atomic E-state index is 12.6. The molecular weight excluding hydrogens is 268 g/mol. The van der Waals surface area contributed by atoms with Crippen molar-refractivity contribution in [3.8, 4) is 0 Å². The van der Waals surface area contributed by atoms with Crippen molar-refractivity contribution in [2.24, 2.45) is 0 Å². The van der Waals surface area contributed by atoms with Crippen LogP contribution in [0.3, 0.4) is 0 Å². The number of carbonyl (C=O) groups is 1. The fraction of sp³-hybridized carbons (Fsp3) is 0.917. The van der Waals surface area contributed by atoms with Gasteiger partial charge in [0.15, 0.2) is 0 Å². The third-order valence-corrected chi connectivity index (χ3v) is 5.45. The first kappa shape index (κ1) is 16.4. The number of nitrogens with zero attached hydrogens (tertiary/aromatic N) is 2. The highest BCUT2D eigenvalue weighted by atomic mass is 32.2. The van der Waals surface area contributed by atoms with E-state index in [-0.39, 0.29) is 0 Å². The van der Waals surface area contributed by atoms with Crippen molar-refractivity contribution in [2.45, 2.75) is 52.0 Å². The fourth-order valence-corrected chi connectivity index (χ4v) is 4.16. The molecule has 0 aromatic heterocycles. The lowest BCUT2D eigenvalue weighted by Gasteiger charge is -2.36. The molecule has 0 aromatic carbocycles. The molecule has 0 aliphatic carbocycles. The number of hydrogen-bond donors (Lipinski definition) is 1. The highest BCUT2D eigenvalue weighted by Gasteiger charge is 2.38. The molecular formula is C12H24N2O4S. The Labute approximate surface area is 115 Å². The predicted octanol–water partition coefficient (Wildman–Crippen LogP) is 1.29. The monoisotopic (exact) mass is 292 g/mol. The molecule has 19 heavy (non-hydrogen) atoms. The van der Waals surface area contributed by atoms with Gasteiger partial charge in [-0.05, 0) is 33.6 Å². The quantitative estimate of drug-likeness (QED) is 0.847. The summed E-state index contributed by atoms with van der Waals surface area (Å²) in [6.07, 6.45) is 3.73. The lowest BCUT2D eigenvalue weighted by atomic mass is 10.1. The lowest BCUT2D eigenvalue weighted by molar-refractivity contribution is -0.138. The molecule has 1 fully saturated rings. The smallest absolute Gasteiger partial charge is 0.318 e. The maximum absolute atomic E-state index is 12.6. The van der Waals surface area contributed by atoms with Crippen LogP contribution in [-0.4, -0.2) is 53.3 Å². The highest BCUT2D eigenvalue weighted by Crippen LogP contribution is 2.23. The average molecular weight is 292 g/mol. The molecule has 0 bridgehead atoms. The van der Waals surface area contributed by atoms with Crippen LogP contribution in [0.15, 0.2) is 0 Å². The Bertz CT molecular complexity index is 406. The van der Waals surface area contributed by atoms with Gasteiger partial charge in [0.25, 0.3) is 10.2 Å². The van der Waals surface area contributed by atoms with Crippen molar-refractivity contribution in [1.82, 2.24) is 8.61 Å². The Morgan fingerprint density at radius 2 is 1.63 bits per heavy atom. The summed E-state index contributed by atoms with van der Waals surface area (Å²) in [6.45, 7) is 5.60. The van der Waals surface area contributed by atoms with E-state index in [0.29, 0.717) is 13.1 Å². The minimum absolute atomic E-state index is 0.481. The average Bonchev–Trinajstić information content (AvgIpc) is 2.52. The standard InChI is InChI=1S/C12H24N2O4S/c1-12(2,3)14(10-11(15)16)19(17,18)13-8-6-4-5-7-9-13/h4-10H2,1-3H3,(H,15,16). The third kappa shape index (κ3) is 4.43. The molecule has 1 aliphatic rings. The normalized spacial score (nSPS) is 19.4. The molecule has 0 saturated carbocycles. The lowest BCUT2D eigenvalue weighted by Crippen LogP contribution is -2.54. The van der Waals surface area contributed by atoms with E-state index >= 15 is 0 Å². The third-order valence-electron chi connectivity index (χ3n) is 3.20. The molecule has 6 nitrogen and oxygen atoms in total. The minimum Gasteiger partial charge on any atom is -0.480 e. The SMILES string of the molecule is CC(C)(C)N(CC(=O)O)S(=O)(=O)N1CCCCCC1. The van der Waals surface area contributed by atoms with Gasteiger partial charge in [-0.2, -0.15) is 17.0 Å². The Hall–Kier alpha value is -0.660. The van der Waals surface area contributed by atoms with Crippen LogP contribution in [-0.2, 0) is 15.0 Å². The van der Waals surface area contributed by atoms with Crippen molar-refractivity contribution in [2.75, 3.05) is 19.6 Å². The predicted molar refractivity (Wildman–Crippen MR) is 73.1 cm³/mol. The Kier molecular flexibility index (Phi) is 5.34. The van der Waals surface area contributed by atoms with Gasteiger partial charge >= 0.3 is 5.97 Å². The summed E-state index contributed by atoms with van der Waals surface area (Å²) < 4.78 is 27.7. The van der Waals surface area contributed by atoms with E-state index in [9.17, 15) is 13.2 Å². The van der Waals surface area contributed by atoms with Crippen LogP contribution in [0.5, 0.6) is 0 Å². The number of hydrogen-bond acceptors (Lipinski definition) is 3. The second-order valence-corrected chi connectivity index (χ2v) is 7.75. The summed E-state index contributed by atoms with van der Waals surface area (Å²) in [6, 6.07) is 0. The largest absolute Gasteiger partial charge is 0.480 e. The van der Waals surface area contributed by atoms with Crippen LogP contribution in [0.2, 0.25) is 0 Å². The molecule has 1 heterocycles. The van der Waals surface area contributed by atoms with E-state index in [4.69, 9.17) is 5.11 Å². The van der Waals surface area contributed by atoms with Gasteiger partial charge in [-0.3, -0.25) is 4.79 Å². The first-order valence-corrected chi connectivity index (χ1v) is 8.05. The molecule has 112 valence electrons. The van der Waals surface area contributed by atoms with E-state index in [0.717, 1.165) is 30.0 Å². The minimum atomic E-state index is -3.71. The van der Waals surface area contributed by atoms with Crippen molar-refractivity contribution in [3.63, 3.8) is 0 Å². The van der Waals surface area contributed by atoms with Crippen LogP contribution in [0.1, 0.15) is 46.5 Å². The van der Waals surface area contributed by atoms with E-state index in [2.05, 4.69) is 0 Å². The zero-order valence-electron chi connectivity index (χ0n) is 11.9. The van der Waals surface area contributed by atoms with Crippen molar-refractivity contribution in [3.05, 3.63) is 0 Å². The molecule has 1 aliphatic heterocycles. The van der Waals surface area contributed by atoms with Crippen LogP contribution in [0.4, 0.5) is 0 Å². The molecule has 7 heteroatoms. The second-order valence-electron chi connectivity index (χ2n) is 5.89. The maximum Gasteiger partial charge on any atom is 0.318 e. The van der Waals surface area contributed by atoms with Crippen molar-refractivity contribution < 1.29 is 18.3 Å².